The second kappa shape index (κ2) is 10.7. The average molecular weight is 471 g/mol. The van der Waals surface area contributed by atoms with Crippen molar-refractivity contribution in [1.29, 1.82) is 0 Å². The summed E-state index contributed by atoms with van der Waals surface area (Å²) in [5, 5.41) is 17.7. The zero-order valence-corrected chi connectivity index (χ0v) is 17.7. The molecule has 0 aliphatic heterocycles. The van der Waals surface area contributed by atoms with Crippen LogP contribution in [0.25, 0.3) is 11.1 Å². The molecule has 2 aromatic carbocycles. The number of benzene rings is 2. The van der Waals surface area contributed by atoms with Gasteiger partial charge in [0.25, 0.3) is 5.96 Å². The highest BCUT2D eigenvalue weighted by atomic mass is 35.5. The van der Waals surface area contributed by atoms with E-state index in [4.69, 9.17) is 22.5 Å². The van der Waals surface area contributed by atoms with Crippen LogP contribution in [0.4, 0.5) is 0 Å². The standard InChI is InChI=1S/C18H20ClN5O6S/c19-14-7-3-12(4-8-14)13-5-9-15(10-6-13)31(29,30)23-16(17(25)26)2-1-11-21-18(20)22-24(27)28/h3-10,16,23H,1-2,11H2,(H4-,20,21,22,25,26,27,28)/p+1. The summed E-state index contributed by atoms with van der Waals surface area (Å²) in [5.74, 6) is -1.72. The lowest BCUT2D eigenvalue weighted by atomic mass is 10.1. The van der Waals surface area contributed by atoms with Crippen LogP contribution < -0.4 is 15.9 Å². The van der Waals surface area contributed by atoms with Crippen LogP contribution in [-0.4, -0.2) is 48.3 Å². The second-order valence-corrected chi connectivity index (χ2v) is 8.49. The van der Waals surface area contributed by atoms with Gasteiger partial charge in [0.15, 0.2) is 0 Å². The second-order valence-electron chi connectivity index (χ2n) is 6.34. The van der Waals surface area contributed by atoms with Gasteiger partial charge in [0, 0.05) is 11.6 Å². The fraction of sp³-hybridized carbons (Fsp3) is 0.222. The zero-order chi connectivity index (χ0) is 23.0. The summed E-state index contributed by atoms with van der Waals surface area (Å²) in [6, 6.07) is 11.6. The number of hydrogen-bond donors (Lipinski definition) is 5. The topological polar surface area (TPSA) is 174 Å². The van der Waals surface area contributed by atoms with E-state index in [2.05, 4.69) is 9.71 Å². The molecule has 1 atom stereocenters. The van der Waals surface area contributed by atoms with Gasteiger partial charge >= 0.3 is 11.0 Å². The molecule has 166 valence electrons. The molecule has 0 aliphatic rings. The molecular weight excluding hydrogens is 450 g/mol. The molecule has 31 heavy (non-hydrogen) atoms. The van der Waals surface area contributed by atoms with Gasteiger partial charge in [0.1, 0.15) is 10.9 Å². The molecule has 0 bridgehead atoms. The van der Waals surface area contributed by atoms with E-state index in [9.17, 15) is 23.2 Å². The quantitative estimate of drug-likeness (QED) is 0.150. The van der Waals surface area contributed by atoms with Gasteiger partial charge in [-0.3, -0.25) is 4.79 Å². The first-order valence-electron chi connectivity index (χ1n) is 8.92. The minimum atomic E-state index is -4.09. The molecule has 13 heteroatoms. The van der Waals surface area contributed by atoms with E-state index in [-0.39, 0.29) is 30.2 Å². The molecule has 2 aromatic rings. The largest absolute Gasteiger partial charge is 0.480 e. The number of halogens is 1. The summed E-state index contributed by atoms with van der Waals surface area (Å²) in [5.41, 5.74) is 8.67. The van der Waals surface area contributed by atoms with Crippen molar-refractivity contribution in [2.24, 2.45) is 10.7 Å². The maximum Gasteiger partial charge on any atom is 0.362 e. The van der Waals surface area contributed by atoms with Crippen LogP contribution in [0.5, 0.6) is 0 Å². The summed E-state index contributed by atoms with van der Waals surface area (Å²) >= 11 is 5.86. The molecule has 0 saturated heterocycles. The number of rotatable bonds is 10. The number of sulfonamides is 1. The molecule has 0 aliphatic carbocycles. The Morgan fingerprint density at radius 2 is 1.68 bits per heavy atom. The summed E-state index contributed by atoms with van der Waals surface area (Å²) in [4.78, 5) is 25.4. The van der Waals surface area contributed by atoms with Gasteiger partial charge in [0.05, 0.1) is 4.90 Å². The summed E-state index contributed by atoms with van der Waals surface area (Å²) in [6.45, 7) is 0.00791. The molecule has 6 N–H and O–H groups in total. The first-order chi connectivity index (χ1) is 14.6. The first-order valence-corrected chi connectivity index (χ1v) is 10.8. The molecule has 0 radical (unpaired) electrons. The Labute approximate surface area is 183 Å². The number of nitrogens with one attached hydrogen (secondary N) is 2. The first kappa shape index (κ1) is 24.1. The van der Waals surface area contributed by atoms with Crippen LogP contribution in [0, 0.1) is 4.91 Å². The Morgan fingerprint density at radius 1 is 1.13 bits per heavy atom. The van der Waals surface area contributed by atoms with Gasteiger partial charge in [-0.25, -0.2) is 18.6 Å². The Hall–Kier alpha value is -3.22. The van der Waals surface area contributed by atoms with Crippen LogP contribution in [0.1, 0.15) is 12.8 Å². The van der Waals surface area contributed by atoms with E-state index in [1.165, 1.54) is 12.1 Å². The van der Waals surface area contributed by atoms with Gasteiger partial charge < -0.3 is 10.8 Å². The Balaban J connectivity index is 2.03. The van der Waals surface area contributed by atoms with Crippen LogP contribution in [0.3, 0.4) is 0 Å². The van der Waals surface area contributed by atoms with Crippen molar-refractivity contribution < 1.29 is 28.6 Å². The normalized spacial score (nSPS) is 12.9. The minimum absolute atomic E-state index is 0.00791. The van der Waals surface area contributed by atoms with E-state index in [1.54, 1.807) is 41.8 Å². The zero-order valence-electron chi connectivity index (χ0n) is 16.1. The maximum absolute atomic E-state index is 12.6. The molecule has 0 spiro atoms. The number of hydrogen-bond acceptors (Lipinski definition) is 5. The lowest BCUT2D eigenvalue weighted by Crippen LogP contribution is -2.41. The van der Waals surface area contributed by atoms with Crippen LogP contribution in [0.2, 0.25) is 5.02 Å². The van der Waals surface area contributed by atoms with Crippen molar-refractivity contribution in [2.75, 3.05) is 6.54 Å². The molecule has 11 nitrogen and oxygen atoms in total. The highest BCUT2D eigenvalue weighted by Crippen LogP contribution is 2.23. The van der Waals surface area contributed by atoms with E-state index in [1.807, 2.05) is 0 Å². The third-order valence-corrected chi connectivity index (χ3v) is 5.82. The number of nitrogens with zero attached hydrogens (tertiary/aromatic N) is 2. The number of hydrazine groups is 1. The van der Waals surface area contributed by atoms with Gasteiger partial charge in [0.2, 0.25) is 10.0 Å². The smallest absolute Gasteiger partial charge is 0.362 e. The van der Waals surface area contributed by atoms with Crippen molar-refractivity contribution >= 4 is 33.6 Å². The van der Waals surface area contributed by atoms with Crippen molar-refractivity contribution in [1.82, 2.24) is 10.1 Å². The lowest BCUT2D eigenvalue weighted by molar-refractivity contribution is -0.822. The van der Waals surface area contributed by atoms with E-state index in [0.29, 0.717) is 5.02 Å². The number of aliphatic carboxylic acids is 1. The molecule has 2 rings (SSSR count). The van der Waals surface area contributed by atoms with Crippen molar-refractivity contribution in [3.8, 4) is 11.1 Å². The summed E-state index contributed by atoms with van der Waals surface area (Å²) in [6.07, 6.45) is 0.0794. The highest BCUT2D eigenvalue weighted by Gasteiger charge is 2.25. The summed E-state index contributed by atoms with van der Waals surface area (Å²) in [7, 11) is -4.09. The monoisotopic (exact) mass is 470 g/mol. The molecule has 0 fully saturated rings. The molecule has 0 heterocycles. The predicted molar refractivity (Wildman–Crippen MR) is 113 cm³/mol. The van der Waals surface area contributed by atoms with E-state index in [0.717, 1.165) is 11.1 Å². The number of carboxylic acids is 1. The minimum Gasteiger partial charge on any atom is -0.480 e. The van der Waals surface area contributed by atoms with Crippen LogP contribution in [-0.2, 0) is 14.8 Å². The highest BCUT2D eigenvalue weighted by molar-refractivity contribution is 7.89. The fourth-order valence-corrected chi connectivity index (χ4v) is 3.93. The van der Waals surface area contributed by atoms with Gasteiger partial charge in [-0.05, 0) is 53.7 Å². The number of carbonyl (C=O) groups is 1. The SMILES string of the molecule is NC(=NCCCC(NS(=O)(=O)c1ccc(-c2ccc(Cl)cc2)cc1)C(=O)O)N[N+](=O)O. The number of aliphatic imine (C=N–C) groups is 1. The Kier molecular flexibility index (Phi) is 8.30. The Bertz CT molecular complexity index is 1060. The fourth-order valence-electron chi connectivity index (χ4n) is 2.59. The Morgan fingerprint density at radius 3 is 2.19 bits per heavy atom. The molecule has 0 amide bonds. The van der Waals surface area contributed by atoms with Crippen molar-refractivity contribution in [2.45, 2.75) is 23.8 Å². The van der Waals surface area contributed by atoms with Crippen molar-refractivity contribution in [3.05, 3.63) is 58.5 Å². The van der Waals surface area contributed by atoms with Crippen LogP contribution in [0.15, 0.2) is 58.4 Å². The number of guanidine groups is 1. The van der Waals surface area contributed by atoms with Gasteiger partial charge in [-0.2, -0.15) is 4.72 Å². The van der Waals surface area contributed by atoms with E-state index < -0.39 is 27.1 Å². The molecule has 1 unspecified atom stereocenters. The third-order valence-electron chi connectivity index (χ3n) is 4.08. The van der Waals surface area contributed by atoms with Crippen LogP contribution >= 0.6 is 11.6 Å². The molecule has 0 saturated carbocycles. The van der Waals surface area contributed by atoms with Crippen molar-refractivity contribution in [3.63, 3.8) is 0 Å². The molecular formula is C18H21ClN5O6S+. The maximum atomic E-state index is 12.6. The predicted octanol–water partition coefficient (Wildman–Crippen LogP) is 1.51. The lowest BCUT2D eigenvalue weighted by Gasteiger charge is -2.14. The summed E-state index contributed by atoms with van der Waals surface area (Å²) < 4.78 is 27.3. The number of carboxylic acid groups (broad SMARTS) is 1. The van der Waals surface area contributed by atoms with Gasteiger partial charge in [-0.15, -0.1) is 0 Å². The third kappa shape index (κ3) is 7.51. The number of nitrogens with two attached hydrogens (primary N) is 1. The van der Waals surface area contributed by atoms with Gasteiger partial charge in [-0.1, -0.05) is 35.9 Å². The average Bonchev–Trinajstić information content (AvgIpc) is 2.70. The molecule has 0 aromatic heterocycles. The van der Waals surface area contributed by atoms with E-state index >= 15 is 0 Å².